The van der Waals surface area contributed by atoms with E-state index >= 15 is 0 Å². The van der Waals surface area contributed by atoms with Crippen LogP contribution in [-0.4, -0.2) is 22.4 Å². The van der Waals surface area contributed by atoms with E-state index in [0.29, 0.717) is 24.1 Å². The maximum atomic E-state index is 12.1. The van der Waals surface area contributed by atoms with Gasteiger partial charge in [0.2, 0.25) is 5.91 Å². The van der Waals surface area contributed by atoms with E-state index in [1.165, 1.54) is 12.2 Å². The monoisotopic (exact) mass is 385 g/mol. The Labute approximate surface area is 165 Å². The maximum Gasteiger partial charge on any atom is 0.255 e. The van der Waals surface area contributed by atoms with Crippen LogP contribution in [0.15, 0.2) is 76.3 Å². The number of rotatable bonds is 5. The highest BCUT2D eigenvalue weighted by molar-refractivity contribution is 5.92. The molecule has 2 aromatic heterocycles. The van der Waals surface area contributed by atoms with Gasteiger partial charge in [0.25, 0.3) is 11.1 Å². The molecular weight excluding hydrogens is 366 g/mol. The molecule has 6 heteroatoms. The molecular formula is C23H19N3O3. The Balaban J connectivity index is 1.40. The molecule has 0 saturated heterocycles. The first-order chi connectivity index (χ1) is 14.1. The van der Waals surface area contributed by atoms with Gasteiger partial charge >= 0.3 is 0 Å². The van der Waals surface area contributed by atoms with Gasteiger partial charge in [-0.25, -0.2) is 0 Å². The topological polar surface area (TPSA) is 94.8 Å². The molecule has 0 unspecified atom stereocenters. The molecule has 29 heavy (non-hydrogen) atoms. The van der Waals surface area contributed by atoms with Crippen LogP contribution < -0.4 is 16.4 Å². The van der Waals surface area contributed by atoms with Gasteiger partial charge < -0.3 is 15.3 Å². The van der Waals surface area contributed by atoms with Crippen molar-refractivity contribution in [2.45, 2.75) is 6.42 Å². The van der Waals surface area contributed by atoms with E-state index in [1.807, 2.05) is 54.6 Å². The first kappa shape index (κ1) is 18.4. The number of amides is 1. The zero-order valence-electron chi connectivity index (χ0n) is 15.6. The second-order valence-electron chi connectivity index (χ2n) is 6.73. The molecule has 3 N–H and O–H groups in total. The van der Waals surface area contributed by atoms with Gasteiger partial charge in [-0.3, -0.25) is 14.4 Å². The summed E-state index contributed by atoms with van der Waals surface area (Å²) in [5, 5.41) is 4.58. The number of pyridine rings is 2. The molecule has 2 aromatic carbocycles. The zero-order chi connectivity index (χ0) is 20.2. The number of carbonyl (C=O) groups is 1. The van der Waals surface area contributed by atoms with Crippen molar-refractivity contribution >= 4 is 33.8 Å². The van der Waals surface area contributed by atoms with Gasteiger partial charge in [0.15, 0.2) is 0 Å². The lowest BCUT2D eigenvalue weighted by Crippen LogP contribution is -2.26. The summed E-state index contributed by atoms with van der Waals surface area (Å²) < 4.78 is 0. The minimum Gasteiger partial charge on any atom is -0.352 e. The molecule has 0 aliphatic carbocycles. The number of para-hydroxylation sites is 2. The lowest BCUT2D eigenvalue weighted by atomic mass is 10.1. The Morgan fingerprint density at radius 3 is 2.21 bits per heavy atom. The van der Waals surface area contributed by atoms with E-state index in [1.54, 1.807) is 6.07 Å². The molecule has 4 rings (SSSR count). The van der Waals surface area contributed by atoms with Crippen LogP contribution in [0.2, 0.25) is 0 Å². The highest BCUT2D eigenvalue weighted by Crippen LogP contribution is 2.11. The fraction of sp³-hybridized carbons (Fsp3) is 0.0870. The Morgan fingerprint density at radius 1 is 0.862 bits per heavy atom. The van der Waals surface area contributed by atoms with Gasteiger partial charge in [0.1, 0.15) is 0 Å². The highest BCUT2D eigenvalue weighted by atomic mass is 16.1. The number of benzene rings is 2. The van der Waals surface area contributed by atoms with E-state index in [9.17, 15) is 14.4 Å². The average molecular weight is 385 g/mol. The highest BCUT2D eigenvalue weighted by Gasteiger charge is 2.04. The van der Waals surface area contributed by atoms with Crippen molar-refractivity contribution in [1.82, 2.24) is 15.3 Å². The third-order valence-corrected chi connectivity index (χ3v) is 4.72. The third-order valence-electron chi connectivity index (χ3n) is 4.72. The summed E-state index contributed by atoms with van der Waals surface area (Å²) in [5.74, 6) is -0.324. The predicted octanol–water partition coefficient (Wildman–Crippen LogP) is 2.74. The molecule has 0 aliphatic heterocycles. The van der Waals surface area contributed by atoms with E-state index in [0.717, 1.165) is 21.8 Å². The van der Waals surface area contributed by atoms with Crippen LogP contribution in [0.5, 0.6) is 0 Å². The molecule has 2 heterocycles. The van der Waals surface area contributed by atoms with Crippen LogP contribution in [0.1, 0.15) is 11.1 Å². The quantitative estimate of drug-likeness (QED) is 0.461. The van der Waals surface area contributed by atoms with Crippen molar-refractivity contribution < 1.29 is 4.79 Å². The van der Waals surface area contributed by atoms with E-state index in [2.05, 4.69) is 15.3 Å². The van der Waals surface area contributed by atoms with Crippen LogP contribution in [0.25, 0.3) is 27.9 Å². The zero-order valence-corrected chi connectivity index (χ0v) is 15.6. The smallest absolute Gasteiger partial charge is 0.255 e. The number of carbonyl (C=O) groups excluding carboxylic acids is 1. The number of aromatic nitrogens is 2. The van der Waals surface area contributed by atoms with Crippen LogP contribution in [0, 0.1) is 0 Å². The fourth-order valence-electron chi connectivity index (χ4n) is 3.21. The minimum atomic E-state index is -0.324. The van der Waals surface area contributed by atoms with Gasteiger partial charge in [-0.2, -0.15) is 0 Å². The number of fused-ring (bicyclic) bond motifs is 2. The Hall–Kier alpha value is -3.93. The molecule has 0 bridgehead atoms. The summed E-state index contributed by atoms with van der Waals surface area (Å²) in [7, 11) is 0. The fourth-order valence-corrected chi connectivity index (χ4v) is 3.21. The van der Waals surface area contributed by atoms with Crippen molar-refractivity contribution in [3.63, 3.8) is 0 Å². The van der Waals surface area contributed by atoms with Crippen LogP contribution in [0.4, 0.5) is 0 Å². The summed E-state index contributed by atoms with van der Waals surface area (Å²) in [6.07, 6.45) is 3.23. The molecule has 6 nitrogen and oxygen atoms in total. The maximum absolute atomic E-state index is 12.1. The van der Waals surface area contributed by atoms with Gasteiger partial charge in [-0.1, -0.05) is 36.4 Å². The lowest BCUT2D eigenvalue weighted by molar-refractivity contribution is -0.116. The number of hydrogen-bond acceptors (Lipinski definition) is 3. The molecule has 144 valence electrons. The Bertz CT molecular complexity index is 1350. The first-order valence-electron chi connectivity index (χ1n) is 9.29. The largest absolute Gasteiger partial charge is 0.352 e. The van der Waals surface area contributed by atoms with Crippen LogP contribution in [0.3, 0.4) is 0 Å². The second kappa shape index (κ2) is 7.98. The molecule has 0 spiro atoms. The second-order valence-corrected chi connectivity index (χ2v) is 6.73. The SMILES string of the molecule is O=C(/C=C/c1cc2ccccc2[nH]c1=O)NCCc1cc2ccccc2[nH]c1=O. The van der Waals surface area contributed by atoms with Crippen molar-refractivity contribution in [2.24, 2.45) is 0 Å². The summed E-state index contributed by atoms with van der Waals surface area (Å²) in [6.45, 7) is 0.318. The molecule has 4 aromatic rings. The van der Waals surface area contributed by atoms with E-state index in [-0.39, 0.29) is 17.0 Å². The van der Waals surface area contributed by atoms with Gasteiger partial charge in [0, 0.05) is 34.8 Å². The Kier molecular flexibility index (Phi) is 5.07. The number of H-pyrrole nitrogens is 2. The molecule has 1 amide bonds. The standard InChI is InChI=1S/C23H19N3O3/c27-21(10-9-17-13-15-5-1-3-7-19(15)25-22(17)28)24-12-11-18-14-16-6-2-4-8-20(16)26-23(18)29/h1-10,13-14H,11-12H2,(H,24,27)(H,25,28)(H,26,29)/b10-9+. The molecule has 0 saturated carbocycles. The van der Waals surface area contributed by atoms with Crippen LogP contribution in [-0.2, 0) is 11.2 Å². The van der Waals surface area contributed by atoms with Gasteiger partial charge in [-0.15, -0.1) is 0 Å². The van der Waals surface area contributed by atoms with Crippen molar-refractivity contribution in [1.29, 1.82) is 0 Å². The van der Waals surface area contributed by atoms with Crippen LogP contribution >= 0.6 is 0 Å². The minimum absolute atomic E-state index is 0.156. The van der Waals surface area contributed by atoms with Crippen molar-refractivity contribution in [2.75, 3.05) is 6.54 Å². The average Bonchev–Trinajstić information content (AvgIpc) is 2.72. The van der Waals surface area contributed by atoms with E-state index in [4.69, 9.17) is 0 Å². The van der Waals surface area contributed by atoms with Gasteiger partial charge in [0.05, 0.1) is 0 Å². The normalized spacial score (nSPS) is 11.3. The predicted molar refractivity (Wildman–Crippen MR) is 115 cm³/mol. The van der Waals surface area contributed by atoms with E-state index < -0.39 is 0 Å². The number of aromatic amines is 2. The number of hydrogen-bond donors (Lipinski definition) is 3. The summed E-state index contributed by atoms with van der Waals surface area (Å²) in [5.41, 5.74) is 2.14. The van der Waals surface area contributed by atoms with Gasteiger partial charge in [-0.05, 0) is 47.5 Å². The molecule has 0 fully saturated rings. The number of nitrogens with one attached hydrogen (secondary N) is 3. The third kappa shape index (κ3) is 4.16. The molecule has 0 radical (unpaired) electrons. The Morgan fingerprint density at radius 2 is 1.48 bits per heavy atom. The summed E-state index contributed by atoms with van der Waals surface area (Å²) in [6, 6.07) is 18.6. The molecule has 0 atom stereocenters. The first-order valence-corrected chi connectivity index (χ1v) is 9.29. The lowest BCUT2D eigenvalue weighted by Gasteiger charge is -2.04. The summed E-state index contributed by atoms with van der Waals surface area (Å²) in [4.78, 5) is 42.0. The van der Waals surface area contributed by atoms with Crippen molar-refractivity contribution in [3.05, 3.63) is 98.6 Å². The van der Waals surface area contributed by atoms with Crippen molar-refractivity contribution in [3.8, 4) is 0 Å². The molecule has 0 aliphatic rings. The summed E-state index contributed by atoms with van der Waals surface area (Å²) >= 11 is 0.